The van der Waals surface area contributed by atoms with E-state index in [4.69, 9.17) is 5.73 Å². The number of rotatable bonds is 1. The van der Waals surface area contributed by atoms with Crippen LogP contribution in [-0.4, -0.2) is 14.8 Å². The summed E-state index contributed by atoms with van der Waals surface area (Å²) in [6, 6.07) is 4.21. The Labute approximate surface area is 131 Å². The van der Waals surface area contributed by atoms with Gasteiger partial charge in [-0.05, 0) is 64.8 Å². The van der Waals surface area contributed by atoms with Crippen LogP contribution in [0.4, 0.5) is 5.69 Å². The molecule has 0 aliphatic rings. The predicted molar refractivity (Wildman–Crippen MR) is 91.7 cm³/mol. The van der Waals surface area contributed by atoms with Crippen molar-refractivity contribution in [3.8, 4) is 5.69 Å². The molecule has 0 aliphatic heterocycles. The van der Waals surface area contributed by atoms with Crippen LogP contribution in [0.2, 0.25) is 0 Å². The third-order valence-corrected chi connectivity index (χ3v) is 4.60. The summed E-state index contributed by atoms with van der Waals surface area (Å²) in [6.07, 6.45) is 0. The molecule has 114 valence electrons. The van der Waals surface area contributed by atoms with Gasteiger partial charge in [0.25, 0.3) is 0 Å². The van der Waals surface area contributed by atoms with Crippen LogP contribution in [0.15, 0.2) is 12.1 Å². The van der Waals surface area contributed by atoms with E-state index in [0.717, 1.165) is 34.2 Å². The maximum absolute atomic E-state index is 6.31. The molecule has 0 atom stereocenters. The standard InChI is InChI=1S/C18H22N4/c1-9-7-15(19)16(8-10(9)2)22-13(5)17-11(3)20-21-12(4)18(17)14(22)6/h7-8H,19H2,1-6H3. The van der Waals surface area contributed by atoms with Crippen molar-refractivity contribution < 1.29 is 0 Å². The smallest absolute Gasteiger partial charge is 0.0696 e. The SMILES string of the molecule is Cc1cc(N)c(-n2c(C)c3c(C)nnc(C)c3c2C)cc1C. The average Bonchev–Trinajstić information content (AvgIpc) is 2.72. The zero-order valence-electron chi connectivity index (χ0n) is 14.1. The molecule has 0 bridgehead atoms. The summed E-state index contributed by atoms with van der Waals surface area (Å²) in [7, 11) is 0. The molecule has 1 aromatic carbocycles. The number of benzene rings is 1. The summed E-state index contributed by atoms with van der Waals surface area (Å²) in [6.45, 7) is 12.5. The van der Waals surface area contributed by atoms with Gasteiger partial charge < -0.3 is 10.3 Å². The van der Waals surface area contributed by atoms with Crippen LogP contribution in [0, 0.1) is 41.5 Å². The van der Waals surface area contributed by atoms with E-state index < -0.39 is 0 Å². The van der Waals surface area contributed by atoms with Crippen molar-refractivity contribution in [3.05, 3.63) is 46.0 Å². The largest absolute Gasteiger partial charge is 0.397 e. The average molecular weight is 294 g/mol. The minimum atomic E-state index is 0.797. The molecule has 0 radical (unpaired) electrons. The van der Waals surface area contributed by atoms with Gasteiger partial charge in [-0.1, -0.05) is 0 Å². The molecule has 0 unspecified atom stereocenters. The third-order valence-electron chi connectivity index (χ3n) is 4.60. The highest BCUT2D eigenvalue weighted by Crippen LogP contribution is 2.34. The number of aryl methyl sites for hydroxylation is 6. The number of nitrogen functional groups attached to an aromatic ring is 1. The van der Waals surface area contributed by atoms with E-state index in [1.807, 2.05) is 19.9 Å². The highest BCUT2D eigenvalue weighted by Gasteiger charge is 2.19. The number of hydrogen-bond donors (Lipinski definition) is 1. The second-order valence-electron chi connectivity index (χ2n) is 6.12. The number of fused-ring (bicyclic) bond motifs is 1. The molecule has 3 aromatic rings. The Morgan fingerprint density at radius 2 is 1.23 bits per heavy atom. The normalized spacial score (nSPS) is 11.4. The molecular formula is C18H22N4. The number of nitrogens with two attached hydrogens (primary N) is 1. The van der Waals surface area contributed by atoms with Gasteiger partial charge in [-0.2, -0.15) is 10.2 Å². The molecule has 0 spiro atoms. The first-order valence-corrected chi connectivity index (χ1v) is 7.51. The fraction of sp³-hybridized carbons (Fsp3) is 0.333. The van der Waals surface area contributed by atoms with Crippen molar-refractivity contribution in [2.75, 3.05) is 5.73 Å². The highest BCUT2D eigenvalue weighted by molar-refractivity contribution is 5.93. The molecule has 2 N–H and O–H groups in total. The van der Waals surface area contributed by atoms with E-state index in [1.165, 1.54) is 21.9 Å². The maximum Gasteiger partial charge on any atom is 0.0696 e. The van der Waals surface area contributed by atoms with Gasteiger partial charge in [0, 0.05) is 22.2 Å². The van der Waals surface area contributed by atoms with Gasteiger partial charge in [-0.15, -0.1) is 0 Å². The molecule has 2 aromatic heterocycles. The Balaban J connectivity index is 2.45. The van der Waals surface area contributed by atoms with Gasteiger partial charge in [0.15, 0.2) is 0 Å². The Kier molecular flexibility index (Phi) is 3.20. The van der Waals surface area contributed by atoms with Crippen LogP contribution in [0.5, 0.6) is 0 Å². The van der Waals surface area contributed by atoms with Gasteiger partial charge in [-0.25, -0.2) is 0 Å². The van der Waals surface area contributed by atoms with E-state index in [-0.39, 0.29) is 0 Å². The van der Waals surface area contributed by atoms with E-state index in [2.05, 4.69) is 48.5 Å². The second-order valence-corrected chi connectivity index (χ2v) is 6.12. The number of anilines is 1. The Hall–Kier alpha value is -2.36. The summed E-state index contributed by atoms with van der Waals surface area (Å²) in [5.74, 6) is 0. The molecular weight excluding hydrogens is 272 g/mol. The summed E-state index contributed by atoms with van der Waals surface area (Å²) in [5, 5.41) is 10.9. The van der Waals surface area contributed by atoms with Crippen molar-refractivity contribution in [1.82, 2.24) is 14.8 Å². The topological polar surface area (TPSA) is 56.7 Å². The molecule has 2 heterocycles. The van der Waals surface area contributed by atoms with Gasteiger partial charge >= 0.3 is 0 Å². The molecule has 0 saturated carbocycles. The first kappa shape index (κ1) is 14.6. The lowest BCUT2D eigenvalue weighted by Gasteiger charge is -2.14. The fourth-order valence-corrected chi connectivity index (χ4v) is 3.35. The molecule has 4 heteroatoms. The van der Waals surface area contributed by atoms with Gasteiger partial charge in [0.2, 0.25) is 0 Å². The Bertz CT molecular complexity index is 859. The zero-order chi connectivity index (χ0) is 16.2. The number of nitrogens with zero attached hydrogens (tertiary/aromatic N) is 3. The summed E-state index contributed by atoms with van der Waals surface area (Å²) in [5.41, 5.74) is 14.8. The second kappa shape index (κ2) is 4.83. The highest BCUT2D eigenvalue weighted by atomic mass is 15.1. The van der Waals surface area contributed by atoms with E-state index >= 15 is 0 Å². The monoisotopic (exact) mass is 294 g/mol. The van der Waals surface area contributed by atoms with Crippen LogP contribution in [0.3, 0.4) is 0 Å². The Morgan fingerprint density at radius 3 is 1.73 bits per heavy atom. The lowest BCUT2D eigenvalue weighted by atomic mass is 10.1. The number of aromatic nitrogens is 3. The molecule has 4 nitrogen and oxygen atoms in total. The minimum Gasteiger partial charge on any atom is -0.397 e. The lowest BCUT2D eigenvalue weighted by Crippen LogP contribution is -2.04. The van der Waals surface area contributed by atoms with Crippen molar-refractivity contribution in [3.63, 3.8) is 0 Å². The van der Waals surface area contributed by atoms with E-state index in [0.29, 0.717) is 0 Å². The third kappa shape index (κ3) is 1.90. The molecule has 0 saturated heterocycles. The lowest BCUT2D eigenvalue weighted by molar-refractivity contribution is 0.964. The number of hydrogen-bond acceptors (Lipinski definition) is 3. The fourth-order valence-electron chi connectivity index (χ4n) is 3.35. The van der Waals surface area contributed by atoms with Crippen LogP contribution in [-0.2, 0) is 0 Å². The quantitative estimate of drug-likeness (QED) is 0.693. The van der Waals surface area contributed by atoms with Crippen molar-refractivity contribution in [1.29, 1.82) is 0 Å². The molecule has 22 heavy (non-hydrogen) atoms. The van der Waals surface area contributed by atoms with Crippen LogP contribution in [0.25, 0.3) is 16.5 Å². The van der Waals surface area contributed by atoms with E-state index in [1.54, 1.807) is 0 Å². The predicted octanol–water partition coefficient (Wildman–Crippen LogP) is 3.85. The van der Waals surface area contributed by atoms with Crippen molar-refractivity contribution in [2.24, 2.45) is 0 Å². The Morgan fingerprint density at radius 1 is 0.773 bits per heavy atom. The van der Waals surface area contributed by atoms with E-state index in [9.17, 15) is 0 Å². The summed E-state index contributed by atoms with van der Waals surface area (Å²) in [4.78, 5) is 0. The minimum absolute atomic E-state index is 0.797. The van der Waals surface area contributed by atoms with Gasteiger partial charge in [0.05, 0.1) is 22.8 Å². The molecule has 0 aliphatic carbocycles. The molecule has 0 amide bonds. The first-order valence-electron chi connectivity index (χ1n) is 7.51. The van der Waals surface area contributed by atoms with Crippen molar-refractivity contribution >= 4 is 16.5 Å². The summed E-state index contributed by atoms with van der Waals surface area (Å²) >= 11 is 0. The molecule has 3 rings (SSSR count). The van der Waals surface area contributed by atoms with Crippen LogP contribution in [0.1, 0.15) is 33.9 Å². The maximum atomic E-state index is 6.31. The van der Waals surface area contributed by atoms with Gasteiger partial charge in [-0.3, -0.25) is 0 Å². The van der Waals surface area contributed by atoms with Crippen LogP contribution >= 0.6 is 0 Å². The first-order chi connectivity index (χ1) is 10.3. The molecule has 0 fully saturated rings. The van der Waals surface area contributed by atoms with Gasteiger partial charge in [0.1, 0.15) is 0 Å². The van der Waals surface area contributed by atoms with Crippen LogP contribution < -0.4 is 5.73 Å². The van der Waals surface area contributed by atoms with Crippen molar-refractivity contribution in [2.45, 2.75) is 41.5 Å². The zero-order valence-corrected chi connectivity index (χ0v) is 14.1. The summed E-state index contributed by atoms with van der Waals surface area (Å²) < 4.78 is 2.23.